The van der Waals surface area contributed by atoms with Gasteiger partial charge in [0.1, 0.15) is 0 Å². The van der Waals surface area contributed by atoms with Crippen LogP contribution in [0.2, 0.25) is 5.02 Å². The fourth-order valence-electron chi connectivity index (χ4n) is 4.10. The molecule has 37 heavy (non-hydrogen) atoms. The second-order valence-electron chi connectivity index (χ2n) is 8.55. The van der Waals surface area contributed by atoms with Crippen LogP contribution in [0.25, 0.3) is 6.08 Å². The standard InChI is InChI=1S/C27H26BrClN2O5S/c1-6-35-20-12-16(11-19(28)24(20)34-5)13-21-25(32)31-23(17-7-9-18(29)10-8-17)22(26(33)36-14(2)3)15(4)30-27(31)37-21/h7-14,23H,6H2,1-5H3/b21-13-/t23-/m0/s1. The van der Waals surface area contributed by atoms with Crippen molar-refractivity contribution in [3.05, 3.63) is 88.0 Å². The van der Waals surface area contributed by atoms with Gasteiger partial charge in [-0.15, -0.1) is 0 Å². The Kier molecular flexibility index (Phi) is 8.26. The number of methoxy groups -OCH3 is 1. The third-order valence-electron chi connectivity index (χ3n) is 5.60. The van der Waals surface area contributed by atoms with Gasteiger partial charge in [-0.3, -0.25) is 9.36 Å². The van der Waals surface area contributed by atoms with E-state index in [1.165, 1.54) is 11.3 Å². The van der Waals surface area contributed by atoms with Crippen molar-refractivity contribution in [2.75, 3.05) is 13.7 Å². The van der Waals surface area contributed by atoms with E-state index in [2.05, 4.69) is 20.9 Å². The molecule has 10 heteroatoms. The van der Waals surface area contributed by atoms with Gasteiger partial charge in [-0.25, -0.2) is 9.79 Å². The van der Waals surface area contributed by atoms with Crippen LogP contribution in [0, 0.1) is 0 Å². The molecule has 0 unspecified atom stereocenters. The molecule has 0 radical (unpaired) electrons. The Morgan fingerprint density at radius 2 is 1.97 bits per heavy atom. The molecule has 7 nitrogen and oxygen atoms in total. The van der Waals surface area contributed by atoms with E-state index in [4.69, 9.17) is 25.8 Å². The number of halogens is 2. The first-order chi connectivity index (χ1) is 17.6. The van der Waals surface area contributed by atoms with Gasteiger partial charge < -0.3 is 14.2 Å². The van der Waals surface area contributed by atoms with Crippen LogP contribution in [-0.2, 0) is 9.53 Å². The number of hydrogen-bond acceptors (Lipinski definition) is 7. The maximum Gasteiger partial charge on any atom is 0.338 e. The predicted molar refractivity (Wildman–Crippen MR) is 148 cm³/mol. The number of esters is 1. The number of aromatic nitrogens is 1. The first kappa shape index (κ1) is 27.2. The van der Waals surface area contributed by atoms with E-state index in [9.17, 15) is 9.59 Å². The summed E-state index contributed by atoms with van der Waals surface area (Å²) in [5.41, 5.74) is 2.04. The molecule has 194 valence electrons. The zero-order chi connectivity index (χ0) is 26.9. The summed E-state index contributed by atoms with van der Waals surface area (Å²) in [6.45, 7) is 7.67. The van der Waals surface area contributed by atoms with Gasteiger partial charge in [0, 0.05) is 5.02 Å². The summed E-state index contributed by atoms with van der Waals surface area (Å²) in [7, 11) is 1.57. The average Bonchev–Trinajstić information content (AvgIpc) is 3.12. The number of benzene rings is 2. The van der Waals surface area contributed by atoms with Crippen LogP contribution in [0.4, 0.5) is 0 Å². The van der Waals surface area contributed by atoms with E-state index in [-0.39, 0.29) is 11.7 Å². The van der Waals surface area contributed by atoms with Crippen molar-refractivity contribution in [1.29, 1.82) is 0 Å². The summed E-state index contributed by atoms with van der Waals surface area (Å²) in [6.07, 6.45) is 1.46. The molecule has 2 aromatic carbocycles. The highest BCUT2D eigenvalue weighted by molar-refractivity contribution is 9.10. The van der Waals surface area contributed by atoms with Crippen LogP contribution < -0.4 is 24.4 Å². The van der Waals surface area contributed by atoms with Gasteiger partial charge in [-0.2, -0.15) is 0 Å². The summed E-state index contributed by atoms with van der Waals surface area (Å²) in [6, 6.07) is 10.0. The van der Waals surface area contributed by atoms with Crippen molar-refractivity contribution in [2.45, 2.75) is 39.8 Å². The minimum absolute atomic E-state index is 0.268. The van der Waals surface area contributed by atoms with Crippen LogP contribution in [0.5, 0.6) is 11.5 Å². The van der Waals surface area contributed by atoms with Crippen LogP contribution in [0.1, 0.15) is 44.9 Å². The SMILES string of the molecule is CCOc1cc(/C=c2\sc3n(c2=O)[C@@H](c2ccc(Cl)cc2)C(C(=O)OC(C)C)=C(C)N=3)cc(Br)c1OC. The number of carbonyl (C=O) groups excluding carboxylic acids is 1. The molecule has 4 rings (SSSR count). The van der Waals surface area contributed by atoms with E-state index in [1.807, 2.05) is 19.1 Å². The van der Waals surface area contributed by atoms with Gasteiger partial charge in [0.15, 0.2) is 16.3 Å². The Labute approximate surface area is 231 Å². The molecular weight excluding hydrogens is 580 g/mol. The first-order valence-corrected chi connectivity index (χ1v) is 13.6. The van der Waals surface area contributed by atoms with E-state index in [0.29, 0.717) is 48.2 Å². The number of allylic oxidation sites excluding steroid dienone is 1. The average molecular weight is 606 g/mol. The van der Waals surface area contributed by atoms with Gasteiger partial charge in [0.2, 0.25) is 0 Å². The minimum Gasteiger partial charge on any atom is -0.492 e. The maximum atomic E-state index is 13.8. The molecular formula is C27H26BrClN2O5S. The summed E-state index contributed by atoms with van der Waals surface area (Å²) in [5.74, 6) is 0.630. The van der Waals surface area contributed by atoms with Crippen molar-refractivity contribution >= 4 is 50.9 Å². The quantitative estimate of drug-likeness (QED) is 0.354. The van der Waals surface area contributed by atoms with Gasteiger partial charge in [0.05, 0.1) is 46.1 Å². The molecule has 1 aliphatic heterocycles. The fourth-order valence-corrected chi connectivity index (χ4v) is 5.90. The first-order valence-electron chi connectivity index (χ1n) is 11.6. The van der Waals surface area contributed by atoms with Gasteiger partial charge >= 0.3 is 5.97 Å². The van der Waals surface area contributed by atoms with Crippen LogP contribution in [0.3, 0.4) is 0 Å². The predicted octanol–water partition coefficient (Wildman–Crippen LogP) is 5.01. The minimum atomic E-state index is -0.705. The van der Waals surface area contributed by atoms with Crippen molar-refractivity contribution in [1.82, 2.24) is 4.57 Å². The molecule has 1 aliphatic rings. The van der Waals surface area contributed by atoms with Crippen LogP contribution in [0.15, 0.2) is 61.9 Å². The summed E-state index contributed by atoms with van der Waals surface area (Å²) in [4.78, 5) is 32.1. The molecule has 0 spiro atoms. The lowest BCUT2D eigenvalue weighted by molar-refractivity contribution is -0.143. The van der Waals surface area contributed by atoms with Crippen LogP contribution in [-0.4, -0.2) is 30.4 Å². The lowest BCUT2D eigenvalue weighted by atomic mass is 9.96. The second kappa shape index (κ2) is 11.2. The fraction of sp³-hybridized carbons (Fsp3) is 0.296. The molecule has 1 atom stereocenters. The zero-order valence-corrected chi connectivity index (χ0v) is 24.2. The van der Waals surface area contributed by atoms with Gasteiger partial charge in [-0.05, 0) is 85.1 Å². The molecule has 0 amide bonds. The summed E-state index contributed by atoms with van der Waals surface area (Å²) < 4.78 is 19.4. The van der Waals surface area contributed by atoms with Crippen molar-refractivity contribution in [3.63, 3.8) is 0 Å². The Morgan fingerprint density at radius 1 is 1.27 bits per heavy atom. The number of ether oxygens (including phenoxy) is 3. The lowest BCUT2D eigenvalue weighted by Crippen LogP contribution is -2.40. The van der Waals surface area contributed by atoms with E-state index >= 15 is 0 Å². The molecule has 2 heterocycles. The monoisotopic (exact) mass is 604 g/mol. The second-order valence-corrected chi connectivity index (χ2v) is 10.9. The van der Waals surface area contributed by atoms with Crippen molar-refractivity contribution in [2.24, 2.45) is 4.99 Å². The molecule has 0 saturated carbocycles. The Morgan fingerprint density at radius 3 is 2.59 bits per heavy atom. The maximum absolute atomic E-state index is 13.8. The normalized spacial score (nSPS) is 15.5. The Hall–Kier alpha value is -2.88. The largest absolute Gasteiger partial charge is 0.492 e. The van der Waals surface area contributed by atoms with Crippen LogP contribution >= 0.6 is 38.9 Å². The van der Waals surface area contributed by atoms with Crippen molar-refractivity contribution < 1.29 is 19.0 Å². The highest BCUT2D eigenvalue weighted by Gasteiger charge is 2.33. The highest BCUT2D eigenvalue weighted by atomic mass is 79.9. The van der Waals surface area contributed by atoms with E-state index < -0.39 is 12.0 Å². The molecule has 0 fully saturated rings. The number of nitrogens with zero attached hydrogens (tertiary/aromatic N) is 2. The number of rotatable bonds is 7. The molecule has 0 saturated heterocycles. The number of carbonyl (C=O) groups is 1. The lowest BCUT2D eigenvalue weighted by Gasteiger charge is -2.25. The summed E-state index contributed by atoms with van der Waals surface area (Å²) in [5, 5.41) is 0.554. The molecule has 0 aliphatic carbocycles. The van der Waals surface area contributed by atoms with Gasteiger partial charge in [0.25, 0.3) is 5.56 Å². The number of thiazole rings is 1. The van der Waals surface area contributed by atoms with Gasteiger partial charge in [-0.1, -0.05) is 35.1 Å². The zero-order valence-electron chi connectivity index (χ0n) is 21.0. The molecule has 0 bridgehead atoms. The molecule has 3 aromatic rings. The Bertz CT molecular complexity index is 1560. The number of hydrogen-bond donors (Lipinski definition) is 0. The van der Waals surface area contributed by atoms with E-state index in [1.54, 1.807) is 62.8 Å². The third-order valence-corrected chi connectivity index (χ3v) is 7.43. The van der Waals surface area contributed by atoms with E-state index in [0.717, 1.165) is 11.1 Å². The summed E-state index contributed by atoms with van der Waals surface area (Å²) >= 11 is 10.9. The third kappa shape index (κ3) is 5.54. The number of fused-ring (bicyclic) bond motifs is 1. The molecule has 1 aromatic heterocycles. The smallest absolute Gasteiger partial charge is 0.338 e. The Balaban J connectivity index is 1.92. The van der Waals surface area contributed by atoms with Crippen molar-refractivity contribution in [3.8, 4) is 11.5 Å². The topological polar surface area (TPSA) is 79.1 Å². The highest BCUT2D eigenvalue weighted by Crippen LogP contribution is 2.37. The molecule has 0 N–H and O–H groups in total.